The zero-order valence-corrected chi connectivity index (χ0v) is 13.8. The summed E-state index contributed by atoms with van der Waals surface area (Å²) in [6.45, 7) is 0. The molecule has 4 rings (SSSR count). The molecular formula is C19H16F2N4O. The van der Waals surface area contributed by atoms with Crippen molar-refractivity contribution < 1.29 is 13.6 Å². The number of rotatable bonds is 4. The summed E-state index contributed by atoms with van der Waals surface area (Å²) in [5.41, 5.74) is 1.21. The molecule has 0 aliphatic carbocycles. The van der Waals surface area contributed by atoms with E-state index >= 15 is 0 Å². The van der Waals surface area contributed by atoms with Crippen LogP contribution in [0, 0.1) is 11.6 Å². The van der Waals surface area contributed by atoms with Gasteiger partial charge in [-0.25, -0.2) is 18.4 Å². The van der Waals surface area contributed by atoms with E-state index in [4.69, 9.17) is 0 Å². The van der Waals surface area contributed by atoms with Crippen molar-refractivity contribution in [1.82, 2.24) is 20.1 Å². The summed E-state index contributed by atoms with van der Waals surface area (Å²) in [5.74, 6) is -0.768. The third kappa shape index (κ3) is 3.20. The number of carbonyl (C=O) groups is 1. The summed E-state index contributed by atoms with van der Waals surface area (Å²) >= 11 is 0. The van der Waals surface area contributed by atoms with Crippen molar-refractivity contribution in [3.8, 4) is 17.1 Å². The van der Waals surface area contributed by atoms with E-state index in [1.165, 1.54) is 10.7 Å². The molecule has 1 amide bonds. The van der Waals surface area contributed by atoms with Crippen LogP contribution in [0.4, 0.5) is 8.78 Å². The predicted octanol–water partition coefficient (Wildman–Crippen LogP) is 3.03. The van der Waals surface area contributed by atoms with Gasteiger partial charge in [-0.1, -0.05) is 30.3 Å². The smallest absolute Gasteiger partial charge is 0.220 e. The summed E-state index contributed by atoms with van der Waals surface area (Å²) < 4.78 is 28.5. The van der Waals surface area contributed by atoms with Crippen LogP contribution in [0.3, 0.4) is 0 Å². The minimum atomic E-state index is -0.945. The van der Waals surface area contributed by atoms with Crippen LogP contribution in [0.2, 0.25) is 0 Å². The number of benzene rings is 2. The van der Waals surface area contributed by atoms with Crippen molar-refractivity contribution in [1.29, 1.82) is 0 Å². The van der Waals surface area contributed by atoms with Gasteiger partial charge in [0.2, 0.25) is 5.91 Å². The first kappa shape index (κ1) is 16.4. The Hall–Kier alpha value is -3.09. The largest absolute Gasteiger partial charge is 0.353 e. The normalized spacial score (nSPS) is 16.7. The van der Waals surface area contributed by atoms with Crippen molar-refractivity contribution in [2.75, 3.05) is 0 Å². The maximum absolute atomic E-state index is 13.7. The molecule has 0 saturated carbocycles. The van der Waals surface area contributed by atoms with E-state index in [-0.39, 0.29) is 11.9 Å². The number of hydrogen-bond donors (Lipinski definition) is 1. The van der Waals surface area contributed by atoms with Crippen molar-refractivity contribution in [2.24, 2.45) is 0 Å². The molecule has 5 nitrogen and oxygen atoms in total. The first-order valence-electron chi connectivity index (χ1n) is 8.36. The Morgan fingerprint density at radius 3 is 2.62 bits per heavy atom. The van der Waals surface area contributed by atoms with Gasteiger partial charge >= 0.3 is 0 Å². The highest BCUT2D eigenvalue weighted by Gasteiger charge is 2.24. The third-order valence-corrected chi connectivity index (χ3v) is 4.37. The van der Waals surface area contributed by atoms with Crippen LogP contribution in [0.1, 0.15) is 18.7 Å². The van der Waals surface area contributed by atoms with E-state index in [0.717, 1.165) is 17.7 Å². The van der Waals surface area contributed by atoms with Crippen molar-refractivity contribution in [2.45, 2.75) is 25.3 Å². The number of nitrogens with zero attached hydrogens (tertiary/aromatic N) is 3. The Morgan fingerprint density at radius 2 is 1.92 bits per heavy atom. The molecule has 2 heterocycles. The zero-order chi connectivity index (χ0) is 18.1. The molecule has 1 fully saturated rings. The highest BCUT2D eigenvalue weighted by Crippen LogP contribution is 2.22. The summed E-state index contributed by atoms with van der Waals surface area (Å²) in [6.07, 6.45) is 1.66. The topological polar surface area (TPSA) is 59.8 Å². The summed E-state index contributed by atoms with van der Waals surface area (Å²) in [5, 5.41) is 7.38. The van der Waals surface area contributed by atoms with E-state index < -0.39 is 11.6 Å². The van der Waals surface area contributed by atoms with Gasteiger partial charge in [0.05, 0.1) is 5.69 Å². The zero-order valence-electron chi connectivity index (χ0n) is 13.8. The maximum Gasteiger partial charge on any atom is 0.220 e. The Morgan fingerprint density at radius 1 is 1.12 bits per heavy atom. The number of halogens is 2. The quantitative estimate of drug-likeness (QED) is 0.783. The standard InChI is InChI=1S/C19H16F2N4O/c20-15-8-7-14(11-16(15)21)25-17(10-13-6-9-18(26)22-13)23-19(24-25)12-4-2-1-3-5-12/h1-5,7-8,11,13H,6,9-10H2,(H,22,26)/t13-/m1/s1. The molecule has 3 aromatic rings. The van der Waals surface area contributed by atoms with Gasteiger partial charge in [0.25, 0.3) is 0 Å². The summed E-state index contributed by atoms with van der Waals surface area (Å²) in [7, 11) is 0. The average molecular weight is 354 g/mol. The molecule has 1 aliphatic heterocycles. The number of carbonyl (C=O) groups excluding carboxylic acids is 1. The number of amides is 1. The lowest BCUT2D eigenvalue weighted by Crippen LogP contribution is -2.28. The fourth-order valence-electron chi connectivity index (χ4n) is 3.06. The molecule has 1 aromatic heterocycles. The highest BCUT2D eigenvalue weighted by molar-refractivity contribution is 5.78. The fourth-order valence-corrected chi connectivity index (χ4v) is 3.06. The van der Waals surface area contributed by atoms with Gasteiger partial charge in [0, 0.05) is 30.5 Å². The Labute approximate surface area is 148 Å². The molecule has 26 heavy (non-hydrogen) atoms. The molecule has 2 aromatic carbocycles. The first-order valence-corrected chi connectivity index (χ1v) is 8.36. The van der Waals surface area contributed by atoms with Crippen molar-refractivity contribution >= 4 is 5.91 Å². The molecule has 0 radical (unpaired) electrons. The molecule has 7 heteroatoms. The summed E-state index contributed by atoms with van der Waals surface area (Å²) in [6, 6.07) is 13.0. The molecule has 1 aliphatic rings. The lowest BCUT2D eigenvalue weighted by molar-refractivity contribution is -0.119. The minimum absolute atomic E-state index is 0.0113. The molecule has 0 spiro atoms. The molecule has 0 unspecified atom stereocenters. The number of nitrogens with one attached hydrogen (secondary N) is 1. The van der Waals surface area contributed by atoms with Gasteiger partial charge in [0.1, 0.15) is 5.82 Å². The number of hydrogen-bond acceptors (Lipinski definition) is 3. The van der Waals surface area contributed by atoms with Gasteiger partial charge in [-0.3, -0.25) is 4.79 Å². The molecule has 0 bridgehead atoms. The second-order valence-corrected chi connectivity index (χ2v) is 6.24. The van der Waals surface area contributed by atoms with Gasteiger partial charge in [-0.2, -0.15) is 0 Å². The van der Waals surface area contributed by atoms with Crippen LogP contribution in [0.25, 0.3) is 17.1 Å². The van der Waals surface area contributed by atoms with Gasteiger partial charge < -0.3 is 5.32 Å². The Kier molecular flexibility index (Phi) is 4.20. The van der Waals surface area contributed by atoms with E-state index in [1.807, 2.05) is 30.3 Å². The third-order valence-electron chi connectivity index (χ3n) is 4.37. The monoisotopic (exact) mass is 354 g/mol. The van der Waals surface area contributed by atoms with Crippen LogP contribution >= 0.6 is 0 Å². The summed E-state index contributed by atoms with van der Waals surface area (Å²) in [4.78, 5) is 16.0. The fraction of sp³-hybridized carbons (Fsp3) is 0.211. The number of aromatic nitrogens is 3. The SMILES string of the molecule is O=C1CC[C@H](Cc2nc(-c3ccccc3)nn2-c2ccc(F)c(F)c2)N1. The van der Waals surface area contributed by atoms with Crippen LogP contribution in [0.15, 0.2) is 48.5 Å². The Balaban J connectivity index is 1.75. The van der Waals surface area contributed by atoms with Gasteiger partial charge in [-0.15, -0.1) is 5.10 Å². The predicted molar refractivity (Wildman–Crippen MR) is 91.6 cm³/mol. The van der Waals surface area contributed by atoms with Crippen LogP contribution in [-0.4, -0.2) is 26.7 Å². The average Bonchev–Trinajstić information content (AvgIpc) is 3.25. The van der Waals surface area contributed by atoms with Crippen molar-refractivity contribution in [3.63, 3.8) is 0 Å². The van der Waals surface area contributed by atoms with Crippen molar-refractivity contribution in [3.05, 3.63) is 66.0 Å². The van der Waals surface area contributed by atoms with E-state index in [2.05, 4.69) is 15.4 Å². The second kappa shape index (κ2) is 6.67. The maximum atomic E-state index is 13.7. The lowest BCUT2D eigenvalue weighted by Gasteiger charge is -2.10. The van der Waals surface area contributed by atoms with Crippen LogP contribution in [0.5, 0.6) is 0 Å². The van der Waals surface area contributed by atoms with Crippen LogP contribution < -0.4 is 5.32 Å². The second-order valence-electron chi connectivity index (χ2n) is 6.24. The van der Waals surface area contributed by atoms with Gasteiger partial charge in [0.15, 0.2) is 17.5 Å². The van der Waals surface area contributed by atoms with E-state index in [0.29, 0.717) is 36.6 Å². The van der Waals surface area contributed by atoms with Gasteiger partial charge in [-0.05, 0) is 18.6 Å². The molecule has 1 atom stereocenters. The Bertz CT molecular complexity index is 955. The molecule has 1 saturated heterocycles. The first-order chi connectivity index (χ1) is 12.6. The molecule has 1 N–H and O–H groups in total. The van der Waals surface area contributed by atoms with Crippen LogP contribution in [-0.2, 0) is 11.2 Å². The molecule has 132 valence electrons. The minimum Gasteiger partial charge on any atom is -0.353 e. The highest BCUT2D eigenvalue weighted by atomic mass is 19.2. The van der Waals surface area contributed by atoms with E-state index in [9.17, 15) is 13.6 Å². The molecular weight excluding hydrogens is 338 g/mol. The lowest BCUT2D eigenvalue weighted by atomic mass is 10.1. The van der Waals surface area contributed by atoms with E-state index in [1.54, 1.807) is 0 Å².